The van der Waals surface area contributed by atoms with Crippen molar-refractivity contribution < 1.29 is 27.9 Å². The number of hydrogen-bond donors (Lipinski definition) is 1. The minimum Gasteiger partial charge on any atom is -0.481 e. The average Bonchev–Trinajstić information content (AvgIpc) is 3.05. The van der Waals surface area contributed by atoms with Crippen LogP contribution in [0.1, 0.15) is 33.1 Å². The van der Waals surface area contributed by atoms with Crippen LogP contribution in [0.4, 0.5) is 0 Å². The Morgan fingerprint density at radius 3 is 2.21 bits per heavy atom. The van der Waals surface area contributed by atoms with E-state index in [4.69, 9.17) is 5.11 Å². The fourth-order valence-electron chi connectivity index (χ4n) is 2.00. The van der Waals surface area contributed by atoms with Gasteiger partial charge in [0.25, 0.3) is 0 Å². The van der Waals surface area contributed by atoms with Crippen LogP contribution in [0.5, 0.6) is 0 Å². The number of carboxylic acid groups (broad SMARTS) is 1. The highest BCUT2D eigenvalue weighted by molar-refractivity contribution is 7.92. The van der Waals surface area contributed by atoms with Crippen LogP contribution in [0, 0.1) is 11.3 Å². The molecule has 0 saturated heterocycles. The molecule has 0 radical (unpaired) electrons. The van der Waals surface area contributed by atoms with Crippen molar-refractivity contribution in [2.75, 3.05) is 12.9 Å². The molecule has 0 bridgehead atoms. The lowest BCUT2D eigenvalue weighted by Gasteiger charge is -2.20. The molecule has 1 aliphatic carbocycles. The quantitative estimate of drug-likeness (QED) is 0.699. The molecule has 7 heteroatoms. The van der Waals surface area contributed by atoms with Crippen molar-refractivity contribution in [2.45, 2.75) is 38.4 Å². The molecule has 2 atom stereocenters. The van der Waals surface area contributed by atoms with Crippen molar-refractivity contribution in [1.82, 2.24) is 0 Å². The molecule has 0 spiro atoms. The van der Waals surface area contributed by atoms with Gasteiger partial charge in [0.1, 0.15) is 0 Å². The Morgan fingerprint density at radius 1 is 1.32 bits per heavy atom. The maximum absolute atomic E-state index is 12.2. The van der Waals surface area contributed by atoms with E-state index in [0.29, 0.717) is 12.8 Å². The predicted octanol–water partition coefficient (Wildman–Crippen LogP) is 0.854. The Kier molecular flexibility index (Phi) is 4.60. The van der Waals surface area contributed by atoms with Crippen LogP contribution in [-0.4, -0.2) is 43.6 Å². The molecule has 19 heavy (non-hydrogen) atoms. The van der Waals surface area contributed by atoms with Gasteiger partial charge in [0.05, 0.1) is 30.5 Å². The van der Waals surface area contributed by atoms with E-state index in [1.807, 2.05) is 0 Å². The first-order valence-corrected chi connectivity index (χ1v) is 7.86. The van der Waals surface area contributed by atoms with Gasteiger partial charge in [-0.1, -0.05) is 6.92 Å². The third-order valence-corrected chi connectivity index (χ3v) is 6.43. The van der Waals surface area contributed by atoms with E-state index in [9.17, 15) is 18.0 Å². The third-order valence-electron chi connectivity index (χ3n) is 3.87. The number of methoxy groups -OCH3 is 1. The molecule has 1 saturated carbocycles. The van der Waals surface area contributed by atoms with Gasteiger partial charge in [-0.15, -0.1) is 0 Å². The van der Waals surface area contributed by atoms with Gasteiger partial charge in [-0.2, -0.15) is 0 Å². The molecule has 1 N–H and O–H groups in total. The van der Waals surface area contributed by atoms with Gasteiger partial charge in [0.15, 0.2) is 9.84 Å². The minimum absolute atomic E-state index is 0.0803. The number of rotatable bonds is 7. The van der Waals surface area contributed by atoms with Gasteiger partial charge in [-0.25, -0.2) is 8.42 Å². The number of aliphatic carboxylic acids is 1. The first kappa shape index (κ1) is 15.9. The summed E-state index contributed by atoms with van der Waals surface area (Å²) in [6.45, 7) is 2.78. The molecule has 1 fully saturated rings. The van der Waals surface area contributed by atoms with Crippen LogP contribution in [0.25, 0.3) is 0 Å². The molecule has 0 aliphatic heterocycles. The Labute approximate surface area is 113 Å². The third kappa shape index (κ3) is 3.92. The zero-order chi connectivity index (χ0) is 14.8. The number of ether oxygens (including phenoxy) is 1. The standard InChI is InChI=1S/C12H20O6S/c1-8(11(14)15)9(2)19(16,17)7-12(4-5-12)6-10(13)18-3/h8-9H,4-7H2,1-3H3,(H,14,15). The summed E-state index contributed by atoms with van der Waals surface area (Å²) in [4.78, 5) is 22.1. The molecular formula is C12H20O6S. The summed E-state index contributed by atoms with van der Waals surface area (Å²) in [5, 5.41) is 7.92. The van der Waals surface area contributed by atoms with Crippen molar-refractivity contribution in [1.29, 1.82) is 0 Å². The van der Waals surface area contributed by atoms with E-state index < -0.39 is 38.4 Å². The van der Waals surface area contributed by atoms with Crippen LogP contribution >= 0.6 is 0 Å². The summed E-state index contributed by atoms with van der Waals surface area (Å²) in [6, 6.07) is 0. The van der Waals surface area contributed by atoms with Crippen molar-refractivity contribution in [3.63, 3.8) is 0 Å². The van der Waals surface area contributed by atoms with E-state index in [0.717, 1.165) is 0 Å². The van der Waals surface area contributed by atoms with Crippen LogP contribution in [0.2, 0.25) is 0 Å². The van der Waals surface area contributed by atoms with E-state index in [2.05, 4.69) is 4.74 Å². The summed E-state index contributed by atoms with van der Waals surface area (Å²) >= 11 is 0. The Balaban J connectivity index is 2.75. The molecule has 110 valence electrons. The minimum atomic E-state index is -3.54. The lowest BCUT2D eigenvalue weighted by atomic mass is 10.1. The first-order chi connectivity index (χ1) is 8.63. The first-order valence-electron chi connectivity index (χ1n) is 6.15. The fraction of sp³-hybridized carbons (Fsp3) is 0.833. The number of hydrogen-bond acceptors (Lipinski definition) is 5. The van der Waals surface area contributed by atoms with E-state index >= 15 is 0 Å². The number of carboxylic acids is 1. The van der Waals surface area contributed by atoms with Gasteiger partial charge in [0.2, 0.25) is 0 Å². The number of sulfone groups is 1. The second-order valence-electron chi connectivity index (χ2n) is 5.39. The van der Waals surface area contributed by atoms with Gasteiger partial charge in [-0.3, -0.25) is 9.59 Å². The lowest BCUT2D eigenvalue weighted by Crippen LogP contribution is -2.35. The van der Waals surface area contributed by atoms with Crippen molar-refractivity contribution in [2.24, 2.45) is 11.3 Å². The molecule has 0 amide bonds. The molecule has 1 rings (SSSR count). The van der Waals surface area contributed by atoms with E-state index in [1.54, 1.807) is 0 Å². The molecule has 0 aromatic heterocycles. The second kappa shape index (κ2) is 5.48. The van der Waals surface area contributed by atoms with Gasteiger partial charge in [0, 0.05) is 0 Å². The highest BCUT2D eigenvalue weighted by atomic mass is 32.2. The topological polar surface area (TPSA) is 97.7 Å². The smallest absolute Gasteiger partial charge is 0.307 e. The molecule has 6 nitrogen and oxygen atoms in total. The summed E-state index contributed by atoms with van der Waals surface area (Å²) < 4.78 is 28.9. The molecular weight excluding hydrogens is 272 g/mol. The molecule has 1 aliphatic rings. The van der Waals surface area contributed by atoms with Gasteiger partial charge in [-0.05, 0) is 25.2 Å². The number of carbonyl (C=O) groups excluding carboxylic acids is 1. The Hall–Kier alpha value is -1.11. The normalized spacial score (nSPS) is 20.4. The molecule has 0 heterocycles. The summed E-state index contributed by atoms with van der Waals surface area (Å²) in [7, 11) is -2.28. The van der Waals surface area contributed by atoms with Crippen LogP contribution in [0.15, 0.2) is 0 Å². The number of carbonyl (C=O) groups is 2. The van der Waals surface area contributed by atoms with E-state index in [-0.39, 0.29) is 12.2 Å². The summed E-state index contributed by atoms with van der Waals surface area (Å²) in [5.74, 6) is -2.66. The largest absolute Gasteiger partial charge is 0.481 e. The molecule has 2 unspecified atom stereocenters. The molecule has 0 aromatic carbocycles. The summed E-state index contributed by atoms with van der Waals surface area (Å²) in [6.07, 6.45) is 1.40. The van der Waals surface area contributed by atoms with Crippen LogP contribution in [0.3, 0.4) is 0 Å². The predicted molar refractivity (Wildman–Crippen MR) is 68.3 cm³/mol. The second-order valence-corrected chi connectivity index (χ2v) is 7.75. The summed E-state index contributed by atoms with van der Waals surface area (Å²) in [5.41, 5.74) is -0.543. The SMILES string of the molecule is COC(=O)CC1(CS(=O)(=O)C(C)C(C)C(=O)O)CC1. The van der Waals surface area contributed by atoms with Crippen LogP contribution in [-0.2, 0) is 24.2 Å². The lowest BCUT2D eigenvalue weighted by molar-refractivity contribution is -0.142. The molecule has 0 aromatic rings. The number of esters is 1. The van der Waals surface area contributed by atoms with Crippen molar-refractivity contribution in [3.05, 3.63) is 0 Å². The van der Waals surface area contributed by atoms with E-state index in [1.165, 1.54) is 21.0 Å². The Morgan fingerprint density at radius 2 is 1.84 bits per heavy atom. The average molecular weight is 292 g/mol. The zero-order valence-electron chi connectivity index (χ0n) is 11.4. The highest BCUT2D eigenvalue weighted by Gasteiger charge is 2.49. The van der Waals surface area contributed by atoms with Crippen molar-refractivity contribution >= 4 is 21.8 Å². The van der Waals surface area contributed by atoms with Crippen LogP contribution < -0.4 is 0 Å². The fourth-order valence-corrected chi connectivity index (χ4v) is 4.24. The maximum atomic E-state index is 12.2. The Bertz CT molecular complexity index is 463. The zero-order valence-corrected chi connectivity index (χ0v) is 12.2. The van der Waals surface area contributed by atoms with Gasteiger partial charge < -0.3 is 9.84 Å². The highest BCUT2D eigenvalue weighted by Crippen LogP contribution is 2.50. The monoisotopic (exact) mass is 292 g/mol. The van der Waals surface area contributed by atoms with Crippen molar-refractivity contribution in [3.8, 4) is 0 Å². The van der Waals surface area contributed by atoms with Gasteiger partial charge >= 0.3 is 11.9 Å². The maximum Gasteiger partial charge on any atom is 0.307 e.